The van der Waals surface area contributed by atoms with Crippen molar-refractivity contribution in [3.05, 3.63) is 60.7 Å². The second-order valence-corrected chi connectivity index (χ2v) is 14.7. The Morgan fingerprint density at radius 3 is 2.27 bits per heavy atom. The van der Waals surface area contributed by atoms with Crippen LogP contribution in [-0.2, 0) is 22.4 Å². The highest BCUT2D eigenvalue weighted by molar-refractivity contribution is 9.10. The molecule has 0 spiro atoms. The number of nitrogens with zero attached hydrogens (tertiary/aromatic N) is 3. The first-order valence-corrected chi connectivity index (χ1v) is 16.3. The van der Waals surface area contributed by atoms with Crippen LogP contribution < -0.4 is 0 Å². The number of hydrogen-bond donors (Lipinski definition) is 0. The number of carbonyl (C=O) groups excluding carboxylic acids is 2. The van der Waals surface area contributed by atoms with Gasteiger partial charge in [-0.05, 0) is 122 Å². The fraction of sp³-hybridized carbons (Fsp3) is 0.594. The van der Waals surface area contributed by atoms with Crippen LogP contribution in [0.15, 0.2) is 33.3 Å². The molecule has 0 bridgehead atoms. The summed E-state index contributed by atoms with van der Waals surface area (Å²) >= 11 is 13.9. The van der Waals surface area contributed by atoms with Crippen LogP contribution >= 0.6 is 43.5 Å². The van der Waals surface area contributed by atoms with Gasteiger partial charge in [-0.2, -0.15) is 0 Å². The maximum Gasteiger partial charge on any atom is 0.410 e. The van der Waals surface area contributed by atoms with Crippen LogP contribution in [0.1, 0.15) is 88.6 Å². The minimum Gasteiger partial charge on any atom is -0.444 e. The molecule has 3 aliphatic rings. The van der Waals surface area contributed by atoms with Crippen LogP contribution in [0.5, 0.6) is 0 Å². The Kier molecular flexibility index (Phi) is 10.5. The number of aryl methyl sites for hydroxylation is 2. The Balaban J connectivity index is 0.00000387. The topological polar surface area (TPSA) is 62.7 Å². The van der Waals surface area contributed by atoms with E-state index in [2.05, 4.69) is 48.9 Å². The molecule has 1 aromatic carbocycles. The van der Waals surface area contributed by atoms with Crippen molar-refractivity contribution in [1.29, 1.82) is 0 Å². The molecule has 5 rings (SSSR count). The van der Waals surface area contributed by atoms with E-state index in [1.54, 1.807) is 4.90 Å². The molecule has 0 N–H and O–H groups in total. The highest BCUT2D eigenvalue weighted by Crippen LogP contribution is 2.46. The number of benzene rings is 1. The summed E-state index contributed by atoms with van der Waals surface area (Å²) in [6.07, 6.45) is 7.65. The van der Waals surface area contributed by atoms with E-state index >= 15 is 0 Å². The van der Waals surface area contributed by atoms with Crippen LogP contribution in [0, 0.1) is 11.8 Å². The highest BCUT2D eigenvalue weighted by atomic mass is 79.9. The van der Waals surface area contributed by atoms with Gasteiger partial charge in [0, 0.05) is 58.7 Å². The zero-order valence-corrected chi connectivity index (χ0v) is 27.4. The maximum absolute atomic E-state index is 13.3. The maximum atomic E-state index is 13.3. The summed E-state index contributed by atoms with van der Waals surface area (Å²) < 4.78 is 7.57. The SMILES string of the molecule is C.CC(C)(C)OC(=O)N1CCC(CC(=O)N2CCC(C3c4ncc(Br)cc4CCc4cc(Cl)cc(Br)c43)CC2)CC1. The molecule has 9 heteroatoms. The first kappa shape index (κ1) is 32.3. The molecule has 224 valence electrons. The third kappa shape index (κ3) is 7.66. The lowest BCUT2D eigenvalue weighted by Crippen LogP contribution is -2.44. The van der Waals surface area contributed by atoms with Crippen LogP contribution in [0.4, 0.5) is 4.79 Å². The summed E-state index contributed by atoms with van der Waals surface area (Å²) in [6.45, 7) is 8.49. The van der Waals surface area contributed by atoms with E-state index < -0.39 is 5.60 Å². The summed E-state index contributed by atoms with van der Waals surface area (Å²) in [5, 5.41) is 0.752. The third-order valence-electron chi connectivity index (χ3n) is 8.51. The van der Waals surface area contributed by atoms with E-state index in [1.807, 2.05) is 33.0 Å². The number of rotatable bonds is 3. The van der Waals surface area contributed by atoms with Crippen molar-refractivity contribution in [1.82, 2.24) is 14.8 Å². The number of fused-ring (bicyclic) bond motifs is 2. The second kappa shape index (κ2) is 13.3. The van der Waals surface area contributed by atoms with Gasteiger partial charge in [0.05, 0.1) is 5.69 Å². The number of ether oxygens (including phenoxy) is 1. The molecular weight excluding hydrogens is 670 g/mol. The van der Waals surface area contributed by atoms with Gasteiger partial charge in [-0.1, -0.05) is 35.0 Å². The molecule has 1 unspecified atom stereocenters. The average molecular weight is 712 g/mol. The van der Waals surface area contributed by atoms with Gasteiger partial charge in [0.25, 0.3) is 0 Å². The van der Waals surface area contributed by atoms with Gasteiger partial charge in [0.2, 0.25) is 5.91 Å². The molecule has 2 fully saturated rings. The first-order chi connectivity index (χ1) is 19.0. The molecule has 2 saturated heterocycles. The van der Waals surface area contributed by atoms with Gasteiger partial charge in [-0.25, -0.2) is 4.79 Å². The number of piperidine rings is 2. The second-order valence-electron chi connectivity index (χ2n) is 12.5. The van der Waals surface area contributed by atoms with Crippen molar-refractivity contribution in [3.63, 3.8) is 0 Å². The third-order valence-corrected chi connectivity index (χ3v) is 9.82. The zero-order chi connectivity index (χ0) is 28.6. The van der Waals surface area contributed by atoms with Crippen LogP contribution in [0.2, 0.25) is 5.02 Å². The minimum absolute atomic E-state index is 0. The van der Waals surface area contributed by atoms with Crippen LogP contribution in [-0.4, -0.2) is 58.6 Å². The van der Waals surface area contributed by atoms with Crippen molar-refractivity contribution in [2.75, 3.05) is 26.2 Å². The fourth-order valence-corrected chi connectivity index (χ4v) is 8.03. The molecule has 6 nitrogen and oxygen atoms in total. The largest absolute Gasteiger partial charge is 0.444 e. The Morgan fingerprint density at radius 2 is 1.61 bits per heavy atom. The lowest BCUT2D eigenvalue weighted by molar-refractivity contribution is -0.134. The Bertz CT molecular complexity index is 1270. The summed E-state index contributed by atoms with van der Waals surface area (Å²) in [7, 11) is 0. The van der Waals surface area contributed by atoms with Crippen molar-refractivity contribution in [3.8, 4) is 0 Å². The van der Waals surface area contributed by atoms with E-state index in [1.165, 1.54) is 16.7 Å². The summed E-state index contributed by atoms with van der Waals surface area (Å²) in [5.41, 5.74) is 4.54. The van der Waals surface area contributed by atoms with Gasteiger partial charge in [-0.3, -0.25) is 9.78 Å². The van der Waals surface area contributed by atoms with E-state index in [0.29, 0.717) is 31.3 Å². The standard InChI is InChI=1S/C31H38Br2ClN3O3.CH4/c1-31(2,3)40-30(39)37-10-6-19(7-11-37)14-26(38)36-12-8-20(9-13-36)28-27-21(16-24(34)17-25(27)33)4-5-22-15-23(32)18-35-29(22)28;/h15-20,28H,4-14H2,1-3H3;1H4. The van der Waals surface area contributed by atoms with Gasteiger partial charge >= 0.3 is 6.09 Å². The number of likely N-dealkylation sites (tertiary alicyclic amines) is 2. The normalized spacial score (nSPS) is 20.0. The number of halogens is 3. The lowest BCUT2D eigenvalue weighted by atomic mass is 9.76. The Morgan fingerprint density at radius 1 is 0.976 bits per heavy atom. The number of amides is 2. The molecule has 2 aromatic rings. The van der Waals surface area contributed by atoms with E-state index in [-0.39, 0.29) is 25.3 Å². The molecule has 1 aromatic heterocycles. The van der Waals surface area contributed by atoms with E-state index in [0.717, 1.165) is 71.3 Å². The highest BCUT2D eigenvalue weighted by Gasteiger charge is 2.37. The number of pyridine rings is 1. The monoisotopic (exact) mass is 709 g/mol. The van der Waals surface area contributed by atoms with Crippen LogP contribution in [0.25, 0.3) is 0 Å². The first-order valence-electron chi connectivity index (χ1n) is 14.4. The number of aromatic nitrogens is 1. The summed E-state index contributed by atoms with van der Waals surface area (Å²) in [4.78, 5) is 34.5. The quantitative estimate of drug-likeness (QED) is 0.321. The number of hydrogen-bond acceptors (Lipinski definition) is 4. The molecule has 0 saturated carbocycles. The Hall–Kier alpha value is -1.64. The smallest absolute Gasteiger partial charge is 0.410 e. The Labute approximate surface area is 266 Å². The number of carbonyl (C=O) groups is 2. The summed E-state index contributed by atoms with van der Waals surface area (Å²) in [6, 6.07) is 6.33. The van der Waals surface area contributed by atoms with E-state index in [4.69, 9.17) is 21.3 Å². The molecule has 2 amide bonds. The average Bonchev–Trinajstić information content (AvgIpc) is 3.05. The van der Waals surface area contributed by atoms with E-state index in [9.17, 15) is 9.59 Å². The zero-order valence-electron chi connectivity index (χ0n) is 23.5. The molecule has 1 aliphatic carbocycles. The molecule has 1 atom stereocenters. The summed E-state index contributed by atoms with van der Waals surface area (Å²) in [5.74, 6) is 1.11. The molecule has 3 heterocycles. The van der Waals surface area contributed by atoms with Gasteiger partial charge in [0.15, 0.2) is 0 Å². The predicted octanol–water partition coefficient (Wildman–Crippen LogP) is 8.40. The molecular formula is C32H42Br2ClN3O3. The lowest BCUT2D eigenvalue weighted by Gasteiger charge is -2.38. The van der Waals surface area contributed by atoms with Crippen molar-refractivity contribution in [2.45, 2.75) is 84.7 Å². The van der Waals surface area contributed by atoms with Gasteiger partial charge in [-0.15, -0.1) is 0 Å². The van der Waals surface area contributed by atoms with Crippen LogP contribution in [0.3, 0.4) is 0 Å². The predicted molar refractivity (Wildman–Crippen MR) is 172 cm³/mol. The molecule has 0 radical (unpaired) electrons. The molecule has 2 aliphatic heterocycles. The van der Waals surface area contributed by atoms with Crippen molar-refractivity contribution >= 4 is 55.5 Å². The molecule has 41 heavy (non-hydrogen) atoms. The minimum atomic E-state index is -0.493. The van der Waals surface area contributed by atoms with Gasteiger partial charge < -0.3 is 14.5 Å². The fourth-order valence-electron chi connectivity index (χ4n) is 6.53. The van der Waals surface area contributed by atoms with Gasteiger partial charge in [0.1, 0.15) is 5.60 Å². The van der Waals surface area contributed by atoms with Crippen molar-refractivity contribution < 1.29 is 14.3 Å². The van der Waals surface area contributed by atoms with Crippen molar-refractivity contribution in [2.24, 2.45) is 11.8 Å².